The predicted molar refractivity (Wildman–Crippen MR) is 34.2 cm³/mol. The maximum Gasteiger partial charge on any atom is 0.125 e. The Hall–Kier alpha value is -0.850. The first-order valence-corrected chi connectivity index (χ1v) is 2.36. The molecule has 0 aromatic rings. The number of allylic oxidation sites excluding steroid dienone is 4. The molecule has 1 heteroatoms. The van der Waals surface area contributed by atoms with Crippen LogP contribution in [0, 0.1) is 0 Å². The SMILES string of the molecule is C=CC(=C)C(F)=CC. The van der Waals surface area contributed by atoms with E-state index in [1.165, 1.54) is 12.2 Å². The van der Waals surface area contributed by atoms with Crippen LogP contribution in [-0.2, 0) is 0 Å². The van der Waals surface area contributed by atoms with E-state index in [2.05, 4.69) is 13.2 Å². The molecule has 0 aromatic heterocycles. The Bertz CT molecular complexity index is 131. The van der Waals surface area contributed by atoms with Crippen molar-refractivity contribution in [1.29, 1.82) is 0 Å². The molecule has 0 nitrogen and oxygen atoms in total. The lowest BCUT2D eigenvalue weighted by Gasteiger charge is -1.89. The molecule has 0 aliphatic carbocycles. The first kappa shape index (κ1) is 7.15. The summed E-state index contributed by atoms with van der Waals surface area (Å²) >= 11 is 0. The van der Waals surface area contributed by atoms with Crippen LogP contribution in [0.3, 0.4) is 0 Å². The molecule has 44 valence electrons. The fraction of sp³-hybridized carbons (Fsp3) is 0.143. The zero-order valence-corrected chi connectivity index (χ0v) is 4.95. The van der Waals surface area contributed by atoms with Crippen LogP contribution in [0.25, 0.3) is 0 Å². The lowest BCUT2D eigenvalue weighted by Crippen LogP contribution is -1.71. The average molecular weight is 112 g/mol. The summed E-state index contributed by atoms with van der Waals surface area (Å²) < 4.78 is 12.2. The van der Waals surface area contributed by atoms with Gasteiger partial charge in [0, 0.05) is 5.57 Å². The first-order valence-electron chi connectivity index (χ1n) is 2.36. The van der Waals surface area contributed by atoms with Crippen LogP contribution in [0.4, 0.5) is 4.39 Å². The van der Waals surface area contributed by atoms with Gasteiger partial charge in [-0.05, 0) is 6.92 Å². The van der Waals surface area contributed by atoms with Gasteiger partial charge in [-0.15, -0.1) is 0 Å². The summed E-state index contributed by atoms with van der Waals surface area (Å²) in [6, 6.07) is 0. The Kier molecular flexibility index (Phi) is 2.85. The van der Waals surface area contributed by atoms with Crippen molar-refractivity contribution in [3.8, 4) is 0 Å². The molecule has 0 aromatic carbocycles. The largest absolute Gasteiger partial charge is 0.207 e. The summed E-state index contributed by atoms with van der Waals surface area (Å²) in [6.45, 7) is 8.35. The third-order valence-corrected chi connectivity index (χ3v) is 0.807. The molecule has 8 heavy (non-hydrogen) atoms. The zero-order valence-electron chi connectivity index (χ0n) is 4.95. The first-order chi connectivity index (χ1) is 3.72. The van der Waals surface area contributed by atoms with Gasteiger partial charge in [0.15, 0.2) is 0 Å². The fourth-order valence-electron chi connectivity index (χ4n) is 0.283. The second-order valence-corrected chi connectivity index (χ2v) is 1.37. The highest BCUT2D eigenvalue weighted by Crippen LogP contribution is 2.07. The lowest BCUT2D eigenvalue weighted by atomic mass is 10.2. The van der Waals surface area contributed by atoms with Crippen molar-refractivity contribution in [2.24, 2.45) is 0 Å². The monoisotopic (exact) mass is 112 g/mol. The number of hydrogen-bond acceptors (Lipinski definition) is 0. The molecule has 0 heterocycles. The lowest BCUT2D eigenvalue weighted by molar-refractivity contribution is 0.656. The van der Waals surface area contributed by atoms with E-state index in [0.29, 0.717) is 5.57 Å². The van der Waals surface area contributed by atoms with Crippen LogP contribution in [-0.4, -0.2) is 0 Å². The van der Waals surface area contributed by atoms with E-state index in [1.807, 2.05) is 0 Å². The molecular formula is C7H9F. The molecule has 0 atom stereocenters. The number of hydrogen-bond donors (Lipinski definition) is 0. The van der Waals surface area contributed by atoms with E-state index in [1.54, 1.807) is 6.92 Å². The van der Waals surface area contributed by atoms with Crippen molar-refractivity contribution in [1.82, 2.24) is 0 Å². The normalized spacial score (nSPS) is 11.0. The summed E-state index contributed by atoms with van der Waals surface area (Å²) in [7, 11) is 0. The number of rotatable bonds is 2. The molecule has 0 aliphatic heterocycles. The number of halogens is 1. The van der Waals surface area contributed by atoms with Gasteiger partial charge in [-0.3, -0.25) is 0 Å². The Balaban J connectivity index is 4.03. The van der Waals surface area contributed by atoms with Gasteiger partial charge in [0.25, 0.3) is 0 Å². The maximum absolute atomic E-state index is 12.2. The molecule has 0 bridgehead atoms. The quantitative estimate of drug-likeness (QED) is 0.481. The van der Waals surface area contributed by atoms with Crippen molar-refractivity contribution in [2.45, 2.75) is 6.92 Å². The summed E-state index contributed by atoms with van der Waals surface area (Å²) in [5.41, 5.74) is 0.340. The second kappa shape index (κ2) is 3.19. The second-order valence-electron chi connectivity index (χ2n) is 1.37. The van der Waals surface area contributed by atoms with Gasteiger partial charge in [0.1, 0.15) is 5.83 Å². The molecular weight excluding hydrogens is 103 g/mol. The van der Waals surface area contributed by atoms with Gasteiger partial charge in [0.2, 0.25) is 0 Å². The predicted octanol–water partition coefficient (Wildman–Crippen LogP) is 2.60. The smallest absolute Gasteiger partial charge is 0.125 e. The molecule has 0 saturated carbocycles. The van der Waals surface area contributed by atoms with E-state index in [-0.39, 0.29) is 5.83 Å². The molecule has 0 radical (unpaired) electrons. The minimum absolute atomic E-state index is 0.306. The summed E-state index contributed by atoms with van der Waals surface area (Å²) in [4.78, 5) is 0. The minimum Gasteiger partial charge on any atom is -0.207 e. The minimum atomic E-state index is -0.306. The van der Waals surface area contributed by atoms with Gasteiger partial charge >= 0.3 is 0 Å². The van der Waals surface area contributed by atoms with Gasteiger partial charge in [0.05, 0.1) is 0 Å². The molecule has 0 amide bonds. The van der Waals surface area contributed by atoms with Gasteiger partial charge in [-0.2, -0.15) is 0 Å². The van der Waals surface area contributed by atoms with Gasteiger partial charge in [-0.1, -0.05) is 25.3 Å². The molecule has 0 fully saturated rings. The third kappa shape index (κ3) is 1.73. The maximum atomic E-state index is 12.2. The molecule has 0 N–H and O–H groups in total. The van der Waals surface area contributed by atoms with Crippen LogP contribution in [0.1, 0.15) is 6.92 Å². The van der Waals surface area contributed by atoms with Crippen molar-refractivity contribution >= 4 is 0 Å². The van der Waals surface area contributed by atoms with Crippen LogP contribution in [0.5, 0.6) is 0 Å². The van der Waals surface area contributed by atoms with Crippen molar-refractivity contribution in [3.05, 3.63) is 36.7 Å². The molecule has 0 spiro atoms. The van der Waals surface area contributed by atoms with Crippen molar-refractivity contribution in [3.63, 3.8) is 0 Å². The van der Waals surface area contributed by atoms with Crippen LogP contribution < -0.4 is 0 Å². The summed E-state index contributed by atoms with van der Waals surface area (Å²) in [5, 5.41) is 0. The summed E-state index contributed by atoms with van der Waals surface area (Å²) in [6.07, 6.45) is 2.74. The average Bonchev–Trinajstić information content (AvgIpc) is 1.84. The van der Waals surface area contributed by atoms with Crippen LogP contribution >= 0.6 is 0 Å². The third-order valence-electron chi connectivity index (χ3n) is 0.807. The Morgan fingerprint density at radius 2 is 2.12 bits per heavy atom. The topological polar surface area (TPSA) is 0 Å². The van der Waals surface area contributed by atoms with E-state index >= 15 is 0 Å². The highest BCUT2D eigenvalue weighted by Gasteiger charge is 1.90. The Morgan fingerprint density at radius 1 is 1.62 bits per heavy atom. The van der Waals surface area contributed by atoms with Crippen molar-refractivity contribution < 1.29 is 4.39 Å². The van der Waals surface area contributed by atoms with E-state index in [0.717, 1.165) is 0 Å². The fourth-order valence-corrected chi connectivity index (χ4v) is 0.283. The standard InChI is InChI=1S/C7H9F/c1-4-6(3)7(8)5-2/h4-5H,1,3H2,2H3. The molecule has 0 rings (SSSR count). The van der Waals surface area contributed by atoms with Crippen LogP contribution in [0.15, 0.2) is 36.7 Å². The highest BCUT2D eigenvalue weighted by atomic mass is 19.1. The van der Waals surface area contributed by atoms with Gasteiger partial charge < -0.3 is 0 Å². The Morgan fingerprint density at radius 3 is 2.25 bits per heavy atom. The summed E-state index contributed by atoms with van der Waals surface area (Å²) in [5.74, 6) is -0.306. The van der Waals surface area contributed by atoms with E-state index in [4.69, 9.17) is 0 Å². The van der Waals surface area contributed by atoms with E-state index < -0.39 is 0 Å². The van der Waals surface area contributed by atoms with Crippen LogP contribution in [0.2, 0.25) is 0 Å². The molecule has 0 unspecified atom stereocenters. The molecule has 0 aliphatic rings. The molecule has 0 saturated heterocycles. The van der Waals surface area contributed by atoms with E-state index in [9.17, 15) is 4.39 Å². The zero-order chi connectivity index (χ0) is 6.57. The Labute approximate surface area is 49.0 Å². The highest BCUT2D eigenvalue weighted by molar-refractivity contribution is 5.30. The van der Waals surface area contributed by atoms with Gasteiger partial charge in [-0.25, -0.2) is 4.39 Å². The van der Waals surface area contributed by atoms with Crippen molar-refractivity contribution in [2.75, 3.05) is 0 Å².